The van der Waals surface area contributed by atoms with Gasteiger partial charge in [0, 0.05) is 21.0 Å². The fourth-order valence-corrected chi connectivity index (χ4v) is 3.30. The van der Waals surface area contributed by atoms with Gasteiger partial charge in [-0.2, -0.15) is 0 Å². The van der Waals surface area contributed by atoms with E-state index in [0.717, 1.165) is 9.86 Å². The first-order valence-corrected chi connectivity index (χ1v) is 9.58. The SMILES string of the molecule is NC(=O)c1cc2cc(Br)ccc2oc1=Nc1ccc(C(=O)c2ccccc2)cc1. The highest BCUT2D eigenvalue weighted by molar-refractivity contribution is 9.10. The topological polar surface area (TPSA) is 85.7 Å². The van der Waals surface area contributed by atoms with Crippen molar-refractivity contribution in [1.29, 1.82) is 0 Å². The summed E-state index contributed by atoms with van der Waals surface area (Å²) >= 11 is 3.39. The Kier molecular flexibility index (Phi) is 5.10. The maximum atomic E-state index is 12.5. The van der Waals surface area contributed by atoms with Crippen molar-refractivity contribution in [1.82, 2.24) is 0 Å². The first-order chi connectivity index (χ1) is 14.0. The van der Waals surface area contributed by atoms with E-state index in [2.05, 4.69) is 20.9 Å². The van der Waals surface area contributed by atoms with E-state index in [9.17, 15) is 9.59 Å². The minimum absolute atomic E-state index is 0.0732. The van der Waals surface area contributed by atoms with Crippen molar-refractivity contribution < 1.29 is 14.0 Å². The van der Waals surface area contributed by atoms with E-state index in [1.54, 1.807) is 48.5 Å². The molecular formula is C23H15BrN2O3. The first kappa shape index (κ1) is 18.8. The lowest BCUT2D eigenvalue weighted by molar-refractivity contribution is 0.0995. The molecule has 0 aliphatic rings. The Bertz CT molecular complexity index is 1290. The van der Waals surface area contributed by atoms with Gasteiger partial charge < -0.3 is 10.2 Å². The first-order valence-electron chi connectivity index (χ1n) is 8.79. The zero-order chi connectivity index (χ0) is 20.4. The number of primary amides is 1. The lowest BCUT2D eigenvalue weighted by atomic mass is 10.0. The van der Waals surface area contributed by atoms with Gasteiger partial charge in [-0.15, -0.1) is 0 Å². The summed E-state index contributed by atoms with van der Waals surface area (Å²) in [6, 6.07) is 22.9. The zero-order valence-corrected chi connectivity index (χ0v) is 16.7. The van der Waals surface area contributed by atoms with Crippen LogP contribution in [0.2, 0.25) is 0 Å². The zero-order valence-electron chi connectivity index (χ0n) is 15.1. The molecule has 0 aliphatic heterocycles. The summed E-state index contributed by atoms with van der Waals surface area (Å²) < 4.78 is 6.67. The molecule has 0 saturated heterocycles. The Labute approximate surface area is 174 Å². The molecule has 142 valence electrons. The van der Waals surface area contributed by atoms with Crippen molar-refractivity contribution in [3.63, 3.8) is 0 Å². The van der Waals surface area contributed by atoms with Crippen LogP contribution in [0, 0.1) is 0 Å². The predicted octanol–water partition coefficient (Wildman–Crippen LogP) is 4.76. The highest BCUT2D eigenvalue weighted by atomic mass is 79.9. The fraction of sp³-hybridized carbons (Fsp3) is 0. The number of carbonyl (C=O) groups is 2. The monoisotopic (exact) mass is 446 g/mol. The van der Waals surface area contributed by atoms with Gasteiger partial charge in [-0.1, -0.05) is 46.3 Å². The summed E-state index contributed by atoms with van der Waals surface area (Å²) in [5.74, 6) is -0.707. The highest BCUT2D eigenvalue weighted by Crippen LogP contribution is 2.20. The van der Waals surface area contributed by atoms with E-state index in [1.807, 2.05) is 30.3 Å². The van der Waals surface area contributed by atoms with E-state index >= 15 is 0 Å². The molecule has 0 spiro atoms. The molecule has 0 bridgehead atoms. The Hall–Kier alpha value is -3.51. The van der Waals surface area contributed by atoms with Crippen molar-refractivity contribution in [2.24, 2.45) is 10.7 Å². The quantitative estimate of drug-likeness (QED) is 0.458. The normalized spacial score (nSPS) is 11.6. The van der Waals surface area contributed by atoms with Crippen LogP contribution in [0.5, 0.6) is 0 Å². The van der Waals surface area contributed by atoms with E-state index in [0.29, 0.717) is 22.4 Å². The van der Waals surface area contributed by atoms with Crippen LogP contribution in [-0.4, -0.2) is 11.7 Å². The number of nitrogens with two attached hydrogens (primary N) is 1. The van der Waals surface area contributed by atoms with Gasteiger partial charge in [0.1, 0.15) is 11.1 Å². The molecule has 5 nitrogen and oxygen atoms in total. The molecule has 0 aliphatic carbocycles. The van der Waals surface area contributed by atoms with E-state index in [1.165, 1.54) is 0 Å². The number of hydrogen-bond acceptors (Lipinski definition) is 4. The maximum absolute atomic E-state index is 12.5. The Morgan fingerprint density at radius 2 is 1.55 bits per heavy atom. The average Bonchev–Trinajstić information content (AvgIpc) is 2.74. The molecule has 1 amide bonds. The summed E-state index contributed by atoms with van der Waals surface area (Å²) in [6.07, 6.45) is 0. The van der Waals surface area contributed by atoms with Crippen LogP contribution >= 0.6 is 15.9 Å². The molecule has 3 aromatic carbocycles. The molecule has 0 saturated carbocycles. The second kappa shape index (κ2) is 7.85. The van der Waals surface area contributed by atoms with Crippen LogP contribution < -0.4 is 11.3 Å². The molecule has 0 radical (unpaired) electrons. The summed E-state index contributed by atoms with van der Waals surface area (Å²) in [5.41, 5.74) is 8.09. The van der Waals surface area contributed by atoms with Gasteiger partial charge in [0.25, 0.3) is 5.91 Å². The minimum atomic E-state index is -0.634. The number of ketones is 1. The standard InChI is InChI=1S/C23H15BrN2O3/c24-17-8-11-20-16(12-17)13-19(22(25)28)23(29-20)26-18-9-6-15(7-10-18)21(27)14-4-2-1-3-5-14/h1-13H,(H2,25,28). The molecule has 0 fully saturated rings. The minimum Gasteiger partial charge on any atom is -0.438 e. The Balaban J connectivity index is 1.75. The fourth-order valence-electron chi connectivity index (χ4n) is 2.92. The van der Waals surface area contributed by atoms with Crippen molar-refractivity contribution in [2.45, 2.75) is 0 Å². The van der Waals surface area contributed by atoms with Crippen molar-refractivity contribution in [3.8, 4) is 0 Å². The third-order valence-electron chi connectivity index (χ3n) is 4.37. The lowest BCUT2D eigenvalue weighted by Crippen LogP contribution is -2.21. The molecule has 2 N–H and O–H groups in total. The third kappa shape index (κ3) is 4.02. The molecule has 1 heterocycles. The van der Waals surface area contributed by atoms with Gasteiger partial charge >= 0.3 is 0 Å². The molecule has 4 rings (SSSR count). The van der Waals surface area contributed by atoms with Crippen LogP contribution in [-0.2, 0) is 0 Å². The smallest absolute Gasteiger partial charge is 0.254 e. The summed E-state index contributed by atoms with van der Waals surface area (Å²) in [7, 11) is 0. The molecular weight excluding hydrogens is 432 g/mol. The van der Waals surface area contributed by atoms with E-state index in [-0.39, 0.29) is 16.9 Å². The van der Waals surface area contributed by atoms with Gasteiger partial charge in [0.2, 0.25) is 5.55 Å². The number of hydrogen-bond donors (Lipinski definition) is 1. The number of carbonyl (C=O) groups excluding carboxylic acids is 2. The number of halogens is 1. The maximum Gasteiger partial charge on any atom is 0.254 e. The van der Waals surface area contributed by atoms with Crippen LogP contribution in [0.4, 0.5) is 5.69 Å². The third-order valence-corrected chi connectivity index (χ3v) is 4.86. The molecule has 0 unspecified atom stereocenters. The molecule has 29 heavy (non-hydrogen) atoms. The number of nitrogens with zero attached hydrogens (tertiary/aromatic N) is 1. The predicted molar refractivity (Wildman–Crippen MR) is 114 cm³/mol. The summed E-state index contributed by atoms with van der Waals surface area (Å²) in [5, 5.41) is 0.732. The molecule has 6 heteroatoms. The van der Waals surface area contributed by atoms with Gasteiger partial charge in [-0.3, -0.25) is 9.59 Å². The molecule has 1 aromatic heterocycles. The summed E-state index contributed by atoms with van der Waals surface area (Å²) in [4.78, 5) is 28.8. The van der Waals surface area contributed by atoms with Crippen LogP contribution in [0.15, 0.2) is 92.7 Å². The van der Waals surface area contributed by atoms with Crippen LogP contribution in [0.3, 0.4) is 0 Å². The van der Waals surface area contributed by atoms with Gasteiger partial charge in [0.05, 0.1) is 5.69 Å². The van der Waals surface area contributed by atoms with Crippen molar-refractivity contribution >= 4 is 44.3 Å². The largest absolute Gasteiger partial charge is 0.438 e. The van der Waals surface area contributed by atoms with E-state index in [4.69, 9.17) is 10.2 Å². The molecule has 4 aromatic rings. The van der Waals surface area contributed by atoms with Crippen LogP contribution in [0.1, 0.15) is 26.3 Å². The summed E-state index contributed by atoms with van der Waals surface area (Å²) in [6.45, 7) is 0. The number of fused-ring (bicyclic) bond motifs is 1. The average molecular weight is 447 g/mol. The second-order valence-corrected chi connectivity index (χ2v) is 7.28. The van der Waals surface area contributed by atoms with Gasteiger partial charge in [0.15, 0.2) is 5.78 Å². The number of rotatable bonds is 4. The second-order valence-electron chi connectivity index (χ2n) is 6.37. The van der Waals surface area contributed by atoms with Gasteiger partial charge in [-0.25, -0.2) is 4.99 Å². The van der Waals surface area contributed by atoms with Crippen molar-refractivity contribution in [3.05, 3.63) is 106 Å². The van der Waals surface area contributed by atoms with Gasteiger partial charge in [-0.05, 0) is 48.5 Å². The highest BCUT2D eigenvalue weighted by Gasteiger charge is 2.11. The van der Waals surface area contributed by atoms with E-state index < -0.39 is 5.91 Å². The number of benzene rings is 3. The molecule has 0 atom stereocenters. The van der Waals surface area contributed by atoms with Crippen LogP contribution in [0.25, 0.3) is 11.0 Å². The lowest BCUT2D eigenvalue weighted by Gasteiger charge is -2.04. The Morgan fingerprint density at radius 1 is 0.862 bits per heavy atom. The van der Waals surface area contributed by atoms with Crippen molar-refractivity contribution in [2.75, 3.05) is 0 Å². The number of amides is 1. The Morgan fingerprint density at radius 3 is 2.24 bits per heavy atom.